The van der Waals surface area contributed by atoms with Gasteiger partial charge in [-0.2, -0.15) is 0 Å². The summed E-state index contributed by atoms with van der Waals surface area (Å²) >= 11 is 0. The van der Waals surface area contributed by atoms with Gasteiger partial charge >= 0.3 is 0 Å². The van der Waals surface area contributed by atoms with Crippen LogP contribution >= 0.6 is 0 Å². The molecule has 0 atom stereocenters. The van der Waals surface area contributed by atoms with Gasteiger partial charge in [0.2, 0.25) is 0 Å². The fourth-order valence-electron chi connectivity index (χ4n) is 3.16. The van der Waals surface area contributed by atoms with E-state index in [1.165, 1.54) is 18.4 Å². The Bertz CT molecular complexity index is 717. The van der Waals surface area contributed by atoms with Crippen LogP contribution in [0.4, 0.5) is 0 Å². The molecule has 116 valence electrons. The molecule has 1 aromatic carbocycles. The Labute approximate surface area is 130 Å². The first-order chi connectivity index (χ1) is 10.5. The number of benzene rings is 1. The van der Waals surface area contributed by atoms with Gasteiger partial charge in [0, 0.05) is 18.0 Å². The molecule has 0 N–H and O–H groups in total. The highest BCUT2D eigenvalue weighted by Gasteiger charge is 2.33. The van der Waals surface area contributed by atoms with Gasteiger partial charge in [0.15, 0.2) is 17.3 Å². The van der Waals surface area contributed by atoms with E-state index in [0.29, 0.717) is 12.6 Å². The highest BCUT2D eigenvalue weighted by atomic mass is 16.5. The van der Waals surface area contributed by atoms with Gasteiger partial charge in [-0.1, -0.05) is 12.1 Å². The molecule has 22 heavy (non-hydrogen) atoms. The average molecular weight is 299 g/mol. The van der Waals surface area contributed by atoms with Crippen LogP contribution in [-0.2, 0) is 13.0 Å². The molecular formula is C17H21N3O2. The summed E-state index contributed by atoms with van der Waals surface area (Å²) in [6.07, 6.45) is 3.34. The second-order valence-electron chi connectivity index (χ2n) is 6.84. The number of rotatable bonds is 4. The number of fused-ring (bicyclic) bond motifs is 1. The number of ether oxygens (including phenoxy) is 2. The molecule has 0 unspecified atom stereocenters. The summed E-state index contributed by atoms with van der Waals surface area (Å²) in [5.74, 6) is 3.54. The van der Waals surface area contributed by atoms with Crippen molar-refractivity contribution in [2.45, 2.75) is 58.3 Å². The first-order valence-corrected chi connectivity index (χ1v) is 7.87. The van der Waals surface area contributed by atoms with Gasteiger partial charge in [0.1, 0.15) is 18.0 Å². The minimum absolute atomic E-state index is 0.160. The Morgan fingerprint density at radius 3 is 2.91 bits per heavy atom. The average Bonchev–Trinajstić information content (AvgIpc) is 3.14. The van der Waals surface area contributed by atoms with E-state index in [2.05, 4.69) is 34.7 Å². The van der Waals surface area contributed by atoms with Crippen molar-refractivity contribution in [2.24, 2.45) is 0 Å². The summed E-state index contributed by atoms with van der Waals surface area (Å²) in [5, 5.41) is 8.45. The zero-order valence-corrected chi connectivity index (χ0v) is 13.3. The maximum atomic E-state index is 6.04. The number of nitrogens with zero attached hydrogens (tertiary/aromatic N) is 3. The predicted octanol–water partition coefficient (Wildman–Crippen LogP) is 3.21. The van der Waals surface area contributed by atoms with Gasteiger partial charge in [-0.15, -0.1) is 10.2 Å². The Morgan fingerprint density at radius 1 is 1.32 bits per heavy atom. The summed E-state index contributed by atoms with van der Waals surface area (Å²) in [7, 11) is 0. The molecule has 0 amide bonds. The SMILES string of the molecule is Cc1nnc(COc2cccc3c2OC(C)(C)C3)n1C1CC1. The molecule has 1 fully saturated rings. The molecule has 2 heterocycles. The van der Waals surface area contributed by atoms with Crippen molar-refractivity contribution in [1.82, 2.24) is 14.8 Å². The second kappa shape index (κ2) is 4.73. The fourth-order valence-corrected chi connectivity index (χ4v) is 3.16. The van der Waals surface area contributed by atoms with Gasteiger partial charge in [0.05, 0.1) is 0 Å². The van der Waals surface area contributed by atoms with Gasteiger partial charge in [0.25, 0.3) is 0 Å². The van der Waals surface area contributed by atoms with E-state index in [-0.39, 0.29) is 5.60 Å². The molecule has 1 aliphatic carbocycles. The van der Waals surface area contributed by atoms with Crippen LogP contribution in [0.5, 0.6) is 11.5 Å². The Hall–Kier alpha value is -2.04. The van der Waals surface area contributed by atoms with Crippen LogP contribution in [0.15, 0.2) is 18.2 Å². The third-order valence-corrected chi connectivity index (χ3v) is 4.26. The molecule has 2 aliphatic rings. The zero-order valence-electron chi connectivity index (χ0n) is 13.3. The van der Waals surface area contributed by atoms with Crippen LogP contribution in [-0.4, -0.2) is 20.4 Å². The van der Waals surface area contributed by atoms with Crippen LogP contribution < -0.4 is 9.47 Å². The minimum Gasteiger partial charge on any atom is -0.483 e. The lowest BCUT2D eigenvalue weighted by atomic mass is 10.0. The van der Waals surface area contributed by atoms with Crippen molar-refractivity contribution >= 4 is 0 Å². The van der Waals surface area contributed by atoms with Gasteiger partial charge in [-0.05, 0) is 39.7 Å². The number of hydrogen-bond acceptors (Lipinski definition) is 4. The maximum Gasteiger partial charge on any atom is 0.171 e. The summed E-state index contributed by atoms with van der Waals surface area (Å²) < 4.78 is 14.3. The molecule has 1 aromatic heterocycles. The molecule has 0 spiro atoms. The third kappa shape index (κ3) is 2.34. The van der Waals surface area contributed by atoms with Crippen LogP contribution in [0.2, 0.25) is 0 Å². The highest BCUT2D eigenvalue weighted by molar-refractivity contribution is 5.50. The summed E-state index contributed by atoms with van der Waals surface area (Å²) in [6.45, 7) is 6.63. The van der Waals surface area contributed by atoms with Gasteiger partial charge in [-0.25, -0.2) is 0 Å². The van der Waals surface area contributed by atoms with Gasteiger partial charge < -0.3 is 14.0 Å². The minimum atomic E-state index is -0.160. The lowest BCUT2D eigenvalue weighted by Gasteiger charge is -2.18. The number of aromatic nitrogens is 3. The molecule has 5 nitrogen and oxygen atoms in total. The number of hydrogen-bond donors (Lipinski definition) is 0. The molecule has 0 radical (unpaired) electrons. The maximum absolute atomic E-state index is 6.04. The normalized spacial score (nSPS) is 18.9. The van der Waals surface area contributed by atoms with Crippen molar-refractivity contribution in [2.75, 3.05) is 0 Å². The summed E-state index contributed by atoms with van der Waals surface area (Å²) in [5.41, 5.74) is 1.05. The smallest absolute Gasteiger partial charge is 0.171 e. The predicted molar refractivity (Wildman–Crippen MR) is 82.2 cm³/mol. The fraction of sp³-hybridized carbons (Fsp3) is 0.529. The molecule has 1 saturated carbocycles. The molecule has 0 saturated heterocycles. The monoisotopic (exact) mass is 299 g/mol. The summed E-state index contributed by atoms with van der Waals surface area (Å²) in [6, 6.07) is 6.65. The number of aryl methyl sites for hydroxylation is 1. The van der Waals surface area contributed by atoms with Crippen LogP contribution in [0.1, 0.15) is 49.9 Å². The van der Waals surface area contributed by atoms with E-state index < -0.39 is 0 Å². The standard InChI is InChI=1S/C17H21N3O2/c1-11-18-19-15(20(11)13-7-8-13)10-21-14-6-4-5-12-9-17(2,3)22-16(12)14/h4-6,13H,7-10H2,1-3H3. The van der Waals surface area contributed by atoms with Crippen molar-refractivity contribution in [1.29, 1.82) is 0 Å². The van der Waals surface area contributed by atoms with E-state index in [1.54, 1.807) is 0 Å². The molecule has 4 rings (SSSR count). The quantitative estimate of drug-likeness (QED) is 0.870. The van der Waals surface area contributed by atoms with E-state index in [4.69, 9.17) is 9.47 Å². The molecule has 2 aromatic rings. The van der Waals surface area contributed by atoms with E-state index >= 15 is 0 Å². The van der Waals surface area contributed by atoms with Crippen LogP contribution in [0, 0.1) is 6.92 Å². The topological polar surface area (TPSA) is 49.2 Å². The van der Waals surface area contributed by atoms with Crippen LogP contribution in [0.25, 0.3) is 0 Å². The van der Waals surface area contributed by atoms with Crippen molar-refractivity contribution in [3.63, 3.8) is 0 Å². The molecule has 5 heteroatoms. The number of para-hydroxylation sites is 1. The van der Waals surface area contributed by atoms with E-state index in [0.717, 1.165) is 29.6 Å². The van der Waals surface area contributed by atoms with Crippen molar-refractivity contribution in [3.05, 3.63) is 35.4 Å². The zero-order chi connectivity index (χ0) is 15.3. The highest BCUT2D eigenvalue weighted by Crippen LogP contribution is 2.42. The van der Waals surface area contributed by atoms with E-state index in [9.17, 15) is 0 Å². The Balaban J connectivity index is 1.55. The van der Waals surface area contributed by atoms with Crippen molar-refractivity contribution < 1.29 is 9.47 Å². The van der Waals surface area contributed by atoms with E-state index in [1.807, 2.05) is 19.1 Å². The Kier molecular flexibility index (Phi) is 2.93. The van der Waals surface area contributed by atoms with Crippen molar-refractivity contribution in [3.8, 4) is 11.5 Å². The lowest BCUT2D eigenvalue weighted by molar-refractivity contribution is 0.131. The lowest BCUT2D eigenvalue weighted by Crippen LogP contribution is -2.24. The summed E-state index contributed by atoms with van der Waals surface area (Å²) in [4.78, 5) is 0. The largest absolute Gasteiger partial charge is 0.483 e. The molecule has 1 aliphatic heterocycles. The van der Waals surface area contributed by atoms with Gasteiger partial charge in [-0.3, -0.25) is 0 Å². The Morgan fingerprint density at radius 2 is 2.14 bits per heavy atom. The third-order valence-electron chi connectivity index (χ3n) is 4.26. The second-order valence-corrected chi connectivity index (χ2v) is 6.84. The first-order valence-electron chi connectivity index (χ1n) is 7.87. The van der Waals surface area contributed by atoms with Crippen LogP contribution in [0.3, 0.4) is 0 Å². The molecular weight excluding hydrogens is 278 g/mol. The molecule has 0 bridgehead atoms. The first kappa shape index (κ1) is 13.6.